The maximum Gasteiger partial charge on any atom is 0.363 e. The first-order chi connectivity index (χ1) is 5.95. The van der Waals surface area contributed by atoms with Crippen LogP contribution in [0.5, 0.6) is 0 Å². The number of carbonyl (C=O) groups excluding carboxylic acids is 2. The molecule has 0 radical (unpaired) electrons. The predicted molar refractivity (Wildman–Crippen MR) is 49.8 cm³/mol. The molecule has 0 aliphatic rings. The quantitative estimate of drug-likeness (QED) is 0.559. The van der Waals surface area contributed by atoms with Crippen molar-refractivity contribution in [2.24, 2.45) is 0 Å². The molecule has 4 nitrogen and oxygen atoms in total. The Bertz CT molecular complexity index is 237. The Labute approximate surface area is 88.9 Å². The lowest BCUT2D eigenvalue weighted by Crippen LogP contribution is -2.02. The smallest absolute Gasteiger partial charge is 0.350 e. The van der Waals surface area contributed by atoms with Gasteiger partial charge in [-0.1, -0.05) is 36.4 Å². The largest absolute Gasteiger partial charge is 0.363 e. The maximum absolute atomic E-state index is 10.6. The van der Waals surface area contributed by atoms with E-state index in [-0.39, 0.29) is 22.4 Å². The van der Waals surface area contributed by atoms with Gasteiger partial charge in [0.15, 0.2) is 0 Å². The van der Waals surface area contributed by atoms with Crippen molar-refractivity contribution in [2.75, 3.05) is 0 Å². The highest BCUT2D eigenvalue weighted by molar-refractivity contribution is 7.90. The number of hydrogen-bond acceptors (Lipinski definition) is 5. The van der Waals surface area contributed by atoms with Crippen LogP contribution in [-0.2, 0) is 18.0 Å². The monoisotopic (exact) mass is 242 g/mol. The second kappa shape index (κ2) is 5.90. The molecular formula is C6H4Cl2O4S. The summed E-state index contributed by atoms with van der Waals surface area (Å²) in [5.74, 6) is -1.81. The minimum atomic E-state index is -0.903. The van der Waals surface area contributed by atoms with Crippen molar-refractivity contribution in [3.05, 3.63) is 23.2 Å². The van der Waals surface area contributed by atoms with E-state index in [2.05, 4.69) is 21.5 Å². The van der Waals surface area contributed by atoms with E-state index in [1.165, 1.54) is 0 Å². The van der Waals surface area contributed by atoms with Crippen molar-refractivity contribution >= 4 is 47.5 Å². The van der Waals surface area contributed by atoms with Crippen molar-refractivity contribution in [2.45, 2.75) is 0 Å². The fourth-order valence-corrected chi connectivity index (χ4v) is 0.697. The molecule has 0 atom stereocenters. The SMILES string of the molecule is C=C(Cl)C(=O)OSOC(=O)C(=C)Cl. The summed E-state index contributed by atoms with van der Waals surface area (Å²) in [6, 6.07) is 0. The van der Waals surface area contributed by atoms with E-state index in [0.717, 1.165) is 0 Å². The van der Waals surface area contributed by atoms with Crippen LogP contribution in [0.25, 0.3) is 0 Å². The van der Waals surface area contributed by atoms with Gasteiger partial charge in [0, 0.05) is 0 Å². The minimum Gasteiger partial charge on any atom is -0.350 e. The Kier molecular flexibility index (Phi) is 5.61. The van der Waals surface area contributed by atoms with Gasteiger partial charge in [-0.15, -0.1) is 0 Å². The Hall–Kier alpha value is -0.650. The molecule has 0 aliphatic carbocycles. The number of hydrogen-bond donors (Lipinski definition) is 0. The van der Waals surface area contributed by atoms with Gasteiger partial charge in [0.25, 0.3) is 12.3 Å². The van der Waals surface area contributed by atoms with Gasteiger partial charge >= 0.3 is 11.9 Å². The van der Waals surface area contributed by atoms with E-state index in [4.69, 9.17) is 23.2 Å². The molecule has 7 heteroatoms. The normalized spacial score (nSPS) is 8.77. The minimum absolute atomic E-state index is 0.136. The van der Waals surface area contributed by atoms with Crippen molar-refractivity contribution in [1.82, 2.24) is 0 Å². The summed E-state index contributed by atoms with van der Waals surface area (Å²) in [6.45, 7) is 6.16. The molecule has 0 rings (SSSR count). The van der Waals surface area contributed by atoms with Gasteiger partial charge in [-0.2, -0.15) is 0 Å². The van der Waals surface area contributed by atoms with Crippen LogP contribution >= 0.6 is 35.5 Å². The third kappa shape index (κ3) is 5.57. The van der Waals surface area contributed by atoms with E-state index in [9.17, 15) is 9.59 Å². The molecule has 0 fully saturated rings. The van der Waals surface area contributed by atoms with Crippen LogP contribution in [0.4, 0.5) is 0 Å². The highest BCUT2D eigenvalue weighted by atomic mass is 35.5. The van der Waals surface area contributed by atoms with Crippen LogP contribution in [0.1, 0.15) is 0 Å². The first-order valence-corrected chi connectivity index (χ1v) is 4.16. The first-order valence-electron chi connectivity index (χ1n) is 2.73. The molecule has 0 heterocycles. The van der Waals surface area contributed by atoms with Gasteiger partial charge < -0.3 is 8.37 Å². The Morgan fingerprint density at radius 1 is 1.00 bits per heavy atom. The summed E-state index contributed by atoms with van der Waals surface area (Å²) in [4.78, 5) is 21.1. The van der Waals surface area contributed by atoms with Crippen LogP contribution in [0, 0.1) is 0 Å². The molecule has 0 aliphatic heterocycles. The summed E-state index contributed by atoms with van der Waals surface area (Å²) in [5, 5.41) is -0.651. The van der Waals surface area contributed by atoms with Gasteiger partial charge in [-0.25, -0.2) is 9.59 Å². The predicted octanol–water partition coefficient (Wildman–Crippen LogP) is 2.14. The van der Waals surface area contributed by atoms with Crippen molar-refractivity contribution < 1.29 is 18.0 Å². The third-order valence-corrected chi connectivity index (χ3v) is 1.41. The fourth-order valence-electron chi connectivity index (χ4n) is 0.169. The average Bonchev–Trinajstić information content (AvgIpc) is 2.03. The zero-order valence-corrected chi connectivity index (χ0v) is 8.54. The first kappa shape index (κ1) is 12.3. The molecule has 0 saturated heterocycles. The Morgan fingerprint density at radius 2 is 1.31 bits per heavy atom. The summed E-state index contributed by atoms with van der Waals surface area (Å²) >= 11 is 10.4. The van der Waals surface area contributed by atoms with Crippen LogP contribution in [0.15, 0.2) is 23.2 Å². The Morgan fingerprint density at radius 3 is 1.54 bits per heavy atom. The highest BCUT2D eigenvalue weighted by Crippen LogP contribution is 2.13. The average molecular weight is 243 g/mol. The second-order valence-electron chi connectivity index (χ2n) is 1.62. The van der Waals surface area contributed by atoms with Crippen molar-refractivity contribution in [3.8, 4) is 0 Å². The zero-order valence-electron chi connectivity index (χ0n) is 6.21. The maximum atomic E-state index is 10.6. The van der Waals surface area contributed by atoms with Gasteiger partial charge in [0.1, 0.15) is 10.1 Å². The molecule has 0 N–H and O–H groups in total. The van der Waals surface area contributed by atoms with Gasteiger partial charge in [0.2, 0.25) is 0 Å². The molecule has 0 aromatic rings. The van der Waals surface area contributed by atoms with Gasteiger partial charge in [-0.05, 0) is 0 Å². The summed E-state index contributed by atoms with van der Waals surface area (Å²) in [6.07, 6.45) is 0. The lowest BCUT2D eigenvalue weighted by molar-refractivity contribution is -0.130. The fraction of sp³-hybridized carbons (Fsp3) is 0. The van der Waals surface area contributed by atoms with Crippen LogP contribution in [0.3, 0.4) is 0 Å². The number of rotatable bonds is 4. The molecule has 0 saturated carbocycles. The van der Waals surface area contributed by atoms with E-state index in [1.807, 2.05) is 0 Å². The van der Waals surface area contributed by atoms with Crippen LogP contribution in [0.2, 0.25) is 0 Å². The summed E-state index contributed by atoms with van der Waals surface area (Å²) in [5.41, 5.74) is 0. The topological polar surface area (TPSA) is 52.6 Å². The van der Waals surface area contributed by atoms with Gasteiger partial charge in [0.05, 0.1) is 0 Å². The van der Waals surface area contributed by atoms with Crippen LogP contribution in [-0.4, -0.2) is 11.9 Å². The molecule has 0 unspecified atom stereocenters. The van der Waals surface area contributed by atoms with Gasteiger partial charge in [-0.3, -0.25) is 0 Å². The molecule has 0 aromatic heterocycles. The van der Waals surface area contributed by atoms with E-state index < -0.39 is 11.9 Å². The molecule has 72 valence electrons. The second-order valence-corrected chi connectivity index (χ2v) is 3.00. The molecule has 0 amide bonds. The molecule has 0 spiro atoms. The highest BCUT2D eigenvalue weighted by Gasteiger charge is 2.11. The van der Waals surface area contributed by atoms with E-state index in [0.29, 0.717) is 0 Å². The molecule has 13 heavy (non-hydrogen) atoms. The molecule has 0 bridgehead atoms. The number of carbonyl (C=O) groups is 2. The standard InChI is InChI=1S/C6H4Cl2O4S/c1-3(7)5(9)11-13-12-6(10)4(2)8/h1-2H2. The summed E-state index contributed by atoms with van der Waals surface area (Å²) < 4.78 is 8.46. The molecular weight excluding hydrogens is 239 g/mol. The van der Waals surface area contributed by atoms with E-state index in [1.54, 1.807) is 0 Å². The van der Waals surface area contributed by atoms with Crippen molar-refractivity contribution in [1.29, 1.82) is 0 Å². The van der Waals surface area contributed by atoms with Crippen molar-refractivity contribution in [3.63, 3.8) is 0 Å². The third-order valence-electron chi connectivity index (χ3n) is 0.662. The Balaban J connectivity index is 3.69. The van der Waals surface area contributed by atoms with Crippen LogP contribution < -0.4 is 0 Å². The molecule has 0 aromatic carbocycles. The zero-order chi connectivity index (χ0) is 10.4. The lowest BCUT2D eigenvalue weighted by atomic mass is 10.7. The number of halogens is 2. The summed E-state index contributed by atoms with van der Waals surface area (Å²) in [7, 11) is 0. The van der Waals surface area contributed by atoms with E-state index >= 15 is 0 Å². The lowest BCUT2D eigenvalue weighted by Gasteiger charge is -1.99.